The Bertz CT molecular complexity index is 801. The fourth-order valence-corrected chi connectivity index (χ4v) is 2.25. The summed E-state index contributed by atoms with van der Waals surface area (Å²) >= 11 is 5.88. The molecule has 0 unspecified atom stereocenters. The summed E-state index contributed by atoms with van der Waals surface area (Å²) in [5.41, 5.74) is 3.25. The number of ether oxygens (including phenoxy) is 2. The number of benzene rings is 2. The third-order valence-electron chi connectivity index (χ3n) is 3.15. The van der Waals surface area contributed by atoms with Gasteiger partial charge in [0.1, 0.15) is 16.7 Å². The van der Waals surface area contributed by atoms with Gasteiger partial charge in [0.25, 0.3) is 0 Å². The Hall–Kier alpha value is -2.53. The molecule has 6 heteroatoms. The van der Waals surface area contributed by atoms with Gasteiger partial charge in [-0.1, -0.05) is 11.6 Å². The topological polar surface area (TPSA) is 56.3 Å². The molecule has 0 aliphatic heterocycles. The highest BCUT2D eigenvalue weighted by Crippen LogP contribution is 2.28. The lowest BCUT2D eigenvalue weighted by atomic mass is 10.2. The lowest BCUT2D eigenvalue weighted by Crippen LogP contribution is -1.94. The minimum absolute atomic E-state index is 0.368. The summed E-state index contributed by atoms with van der Waals surface area (Å²) in [4.78, 5) is 8.48. The van der Waals surface area contributed by atoms with Gasteiger partial charge in [-0.05, 0) is 18.2 Å². The third kappa shape index (κ3) is 3.04. The Morgan fingerprint density at radius 2 is 1.64 bits per heavy atom. The van der Waals surface area contributed by atoms with E-state index in [1.807, 2.05) is 36.4 Å². The molecule has 0 radical (unpaired) electrons. The first kappa shape index (κ1) is 14.4. The molecule has 1 aromatic heterocycles. The number of aromatic nitrogens is 2. The minimum Gasteiger partial charge on any atom is -0.497 e. The fourth-order valence-electron chi connectivity index (χ4n) is 2.11. The second kappa shape index (κ2) is 6.07. The van der Waals surface area contributed by atoms with Gasteiger partial charge in [0.15, 0.2) is 0 Å². The molecule has 0 aliphatic carbocycles. The van der Waals surface area contributed by atoms with Crippen LogP contribution in [0.25, 0.3) is 11.0 Å². The third-order valence-corrected chi connectivity index (χ3v) is 3.34. The van der Waals surface area contributed by atoms with E-state index in [2.05, 4.69) is 15.3 Å². The molecule has 1 heterocycles. The van der Waals surface area contributed by atoms with Crippen LogP contribution in [-0.4, -0.2) is 24.2 Å². The zero-order valence-electron chi connectivity index (χ0n) is 12.1. The van der Waals surface area contributed by atoms with Crippen molar-refractivity contribution in [2.75, 3.05) is 19.5 Å². The predicted molar refractivity (Wildman–Crippen MR) is 87.4 cm³/mol. The fraction of sp³-hybridized carbons (Fsp3) is 0.125. The van der Waals surface area contributed by atoms with E-state index < -0.39 is 0 Å². The van der Waals surface area contributed by atoms with Gasteiger partial charge in [0, 0.05) is 29.6 Å². The summed E-state index contributed by atoms with van der Waals surface area (Å²) in [6.45, 7) is 0. The highest BCUT2D eigenvalue weighted by Gasteiger charge is 2.04. The Labute approximate surface area is 132 Å². The van der Waals surface area contributed by atoms with Gasteiger partial charge in [-0.15, -0.1) is 0 Å². The summed E-state index contributed by atoms with van der Waals surface area (Å²) in [7, 11) is 3.23. The van der Waals surface area contributed by atoms with E-state index in [4.69, 9.17) is 21.1 Å². The lowest BCUT2D eigenvalue weighted by molar-refractivity contribution is 0.395. The van der Waals surface area contributed by atoms with Gasteiger partial charge >= 0.3 is 0 Å². The molecular weight excluding hydrogens is 302 g/mol. The van der Waals surface area contributed by atoms with Gasteiger partial charge in [0.05, 0.1) is 31.4 Å². The number of rotatable bonds is 4. The molecule has 0 aliphatic rings. The lowest BCUT2D eigenvalue weighted by Gasteiger charge is -2.11. The highest BCUT2D eigenvalue weighted by molar-refractivity contribution is 6.29. The van der Waals surface area contributed by atoms with Crippen LogP contribution >= 0.6 is 11.6 Å². The number of halogens is 1. The van der Waals surface area contributed by atoms with E-state index in [0.29, 0.717) is 16.7 Å². The Kier molecular flexibility index (Phi) is 3.98. The zero-order valence-corrected chi connectivity index (χ0v) is 12.9. The van der Waals surface area contributed by atoms with E-state index in [1.54, 1.807) is 14.2 Å². The number of nitrogens with one attached hydrogen (secondary N) is 1. The second-order valence-electron chi connectivity index (χ2n) is 4.62. The summed E-state index contributed by atoms with van der Waals surface area (Å²) in [6.07, 6.45) is 1.53. The van der Waals surface area contributed by atoms with Gasteiger partial charge in [0.2, 0.25) is 0 Å². The molecule has 0 spiro atoms. The molecule has 5 nitrogen and oxygen atoms in total. The summed E-state index contributed by atoms with van der Waals surface area (Å²) in [5, 5.41) is 3.66. The molecule has 0 saturated carbocycles. The van der Waals surface area contributed by atoms with Gasteiger partial charge in [-0.3, -0.25) is 4.98 Å². The molecule has 1 N–H and O–H groups in total. The van der Waals surface area contributed by atoms with E-state index >= 15 is 0 Å². The highest BCUT2D eigenvalue weighted by atomic mass is 35.5. The Morgan fingerprint density at radius 1 is 0.909 bits per heavy atom. The Morgan fingerprint density at radius 3 is 2.32 bits per heavy atom. The average molecular weight is 316 g/mol. The molecule has 0 saturated heterocycles. The van der Waals surface area contributed by atoms with Crippen LogP contribution in [0.2, 0.25) is 5.15 Å². The molecule has 3 rings (SSSR count). The minimum atomic E-state index is 0.368. The van der Waals surface area contributed by atoms with E-state index in [-0.39, 0.29) is 0 Å². The van der Waals surface area contributed by atoms with E-state index in [9.17, 15) is 0 Å². The van der Waals surface area contributed by atoms with Crippen LogP contribution in [0.3, 0.4) is 0 Å². The Balaban J connectivity index is 1.95. The van der Waals surface area contributed by atoms with Crippen molar-refractivity contribution in [2.45, 2.75) is 0 Å². The van der Waals surface area contributed by atoms with Crippen LogP contribution in [-0.2, 0) is 0 Å². The monoisotopic (exact) mass is 315 g/mol. The molecule has 112 valence electrons. The van der Waals surface area contributed by atoms with Crippen LogP contribution in [0.5, 0.6) is 11.5 Å². The first-order valence-corrected chi connectivity index (χ1v) is 6.98. The van der Waals surface area contributed by atoms with Crippen LogP contribution in [0.15, 0.2) is 42.6 Å². The summed E-state index contributed by atoms with van der Waals surface area (Å²) < 4.78 is 10.5. The molecule has 0 atom stereocenters. The van der Waals surface area contributed by atoms with Gasteiger partial charge < -0.3 is 14.8 Å². The second-order valence-corrected chi connectivity index (χ2v) is 5.01. The first-order chi connectivity index (χ1) is 10.7. The van der Waals surface area contributed by atoms with Crippen LogP contribution in [0.4, 0.5) is 11.4 Å². The molecule has 0 bridgehead atoms. The van der Waals surface area contributed by atoms with Gasteiger partial charge in [-0.25, -0.2) is 4.98 Å². The summed E-state index contributed by atoms with van der Waals surface area (Å²) in [5.74, 6) is 1.43. The SMILES string of the molecule is COc1cc(Nc2ccc3ncc(Cl)nc3c2)cc(OC)c1. The van der Waals surface area contributed by atoms with Gasteiger partial charge in [-0.2, -0.15) is 0 Å². The first-order valence-electron chi connectivity index (χ1n) is 6.60. The van der Waals surface area contributed by atoms with Crippen molar-refractivity contribution in [3.05, 3.63) is 47.7 Å². The van der Waals surface area contributed by atoms with Crippen LogP contribution < -0.4 is 14.8 Å². The summed E-state index contributed by atoms with van der Waals surface area (Å²) in [6, 6.07) is 11.3. The van der Waals surface area contributed by atoms with Crippen molar-refractivity contribution in [3.8, 4) is 11.5 Å². The average Bonchev–Trinajstić information content (AvgIpc) is 2.54. The maximum absolute atomic E-state index is 5.88. The number of nitrogens with zero attached hydrogens (tertiary/aromatic N) is 2. The standard InChI is InChI=1S/C16H14ClN3O2/c1-21-12-5-11(6-13(8-12)22-2)19-10-3-4-14-15(7-10)20-16(17)9-18-14/h3-9,19H,1-2H3. The predicted octanol–water partition coefficient (Wildman–Crippen LogP) is 4.04. The zero-order chi connectivity index (χ0) is 15.5. The molecule has 2 aromatic carbocycles. The van der Waals surface area contributed by atoms with Crippen molar-refractivity contribution in [1.82, 2.24) is 9.97 Å². The molecule has 3 aromatic rings. The van der Waals surface area contributed by atoms with Crippen molar-refractivity contribution < 1.29 is 9.47 Å². The van der Waals surface area contributed by atoms with Crippen LogP contribution in [0.1, 0.15) is 0 Å². The quantitative estimate of drug-likeness (QED) is 0.787. The molecular formula is C16H14ClN3O2. The smallest absolute Gasteiger partial charge is 0.148 e. The van der Waals surface area contributed by atoms with Crippen molar-refractivity contribution in [1.29, 1.82) is 0 Å². The maximum Gasteiger partial charge on any atom is 0.148 e. The van der Waals surface area contributed by atoms with Crippen molar-refractivity contribution in [3.63, 3.8) is 0 Å². The molecule has 0 fully saturated rings. The largest absolute Gasteiger partial charge is 0.497 e. The number of hydrogen-bond acceptors (Lipinski definition) is 5. The normalized spacial score (nSPS) is 10.5. The van der Waals surface area contributed by atoms with E-state index in [0.717, 1.165) is 22.4 Å². The number of fused-ring (bicyclic) bond motifs is 1. The van der Waals surface area contributed by atoms with Crippen LogP contribution in [0, 0.1) is 0 Å². The van der Waals surface area contributed by atoms with E-state index in [1.165, 1.54) is 6.20 Å². The number of methoxy groups -OCH3 is 2. The van der Waals surface area contributed by atoms with Crippen molar-refractivity contribution in [2.24, 2.45) is 0 Å². The number of anilines is 2. The maximum atomic E-state index is 5.88. The number of hydrogen-bond donors (Lipinski definition) is 1. The molecule has 0 amide bonds. The molecule has 22 heavy (non-hydrogen) atoms. The van der Waals surface area contributed by atoms with Crippen molar-refractivity contribution >= 4 is 34.0 Å².